The highest BCUT2D eigenvalue weighted by Crippen LogP contribution is 2.25. The number of amides is 1. The van der Waals surface area contributed by atoms with Gasteiger partial charge in [-0.3, -0.25) is 9.89 Å². The molecule has 4 rings (SSSR count). The Hall–Kier alpha value is -2.62. The first-order valence-electron chi connectivity index (χ1n) is 8.98. The van der Waals surface area contributed by atoms with E-state index < -0.39 is 0 Å². The van der Waals surface area contributed by atoms with Crippen molar-refractivity contribution in [2.75, 3.05) is 7.05 Å². The average Bonchev–Trinajstić information content (AvgIpc) is 3.15. The number of aryl methyl sites for hydroxylation is 1. The van der Waals surface area contributed by atoms with Gasteiger partial charge in [-0.05, 0) is 60.9 Å². The molecule has 1 N–H and O–H groups in total. The SMILES string of the molecule is CN(C(=O)c1ccc(C2=CCCC=C2)cc1)C1CCc2[nH]ncc2C1. The third-order valence-corrected chi connectivity index (χ3v) is 5.32. The zero-order valence-electron chi connectivity index (χ0n) is 14.5. The third-order valence-electron chi connectivity index (χ3n) is 5.32. The van der Waals surface area contributed by atoms with Gasteiger partial charge in [0.05, 0.1) is 6.20 Å². The molecule has 1 aromatic heterocycles. The number of nitrogens with zero attached hydrogens (tertiary/aromatic N) is 2. The summed E-state index contributed by atoms with van der Waals surface area (Å²) in [5, 5.41) is 7.17. The average molecular weight is 333 g/mol. The van der Waals surface area contributed by atoms with Gasteiger partial charge in [0.2, 0.25) is 0 Å². The van der Waals surface area contributed by atoms with Crippen molar-refractivity contribution < 1.29 is 4.79 Å². The van der Waals surface area contributed by atoms with Crippen LogP contribution in [0, 0.1) is 0 Å². The van der Waals surface area contributed by atoms with E-state index in [0.717, 1.165) is 37.7 Å². The van der Waals surface area contributed by atoms with E-state index in [4.69, 9.17) is 0 Å². The van der Waals surface area contributed by atoms with Gasteiger partial charge < -0.3 is 4.90 Å². The van der Waals surface area contributed by atoms with Crippen molar-refractivity contribution in [3.05, 3.63) is 71.1 Å². The lowest BCUT2D eigenvalue weighted by molar-refractivity contribution is 0.0718. The van der Waals surface area contributed by atoms with Crippen LogP contribution >= 0.6 is 0 Å². The number of rotatable bonds is 3. The predicted molar refractivity (Wildman–Crippen MR) is 99.3 cm³/mol. The van der Waals surface area contributed by atoms with Crippen LogP contribution < -0.4 is 0 Å². The second kappa shape index (κ2) is 6.71. The van der Waals surface area contributed by atoms with Crippen molar-refractivity contribution >= 4 is 11.5 Å². The Morgan fingerprint density at radius 2 is 2.08 bits per heavy atom. The summed E-state index contributed by atoms with van der Waals surface area (Å²) in [5.41, 5.74) is 5.64. The number of allylic oxidation sites excluding steroid dienone is 4. The quantitative estimate of drug-likeness (QED) is 0.929. The van der Waals surface area contributed by atoms with Crippen LogP contribution in [-0.4, -0.2) is 34.1 Å². The first-order chi connectivity index (χ1) is 12.2. The summed E-state index contributed by atoms with van der Waals surface area (Å²) >= 11 is 0. The van der Waals surface area contributed by atoms with Crippen LogP contribution in [0.4, 0.5) is 0 Å². The first kappa shape index (κ1) is 15.9. The number of H-pyrrole nitrogens is 1. The Kier molecular flexibility index (Phi) is 4.26. The number of aromatic amines is 1. The number of hydrogen-bond acceptors (Lipinski definition) is 2. The third kappa shape index (κ3) is 3.16. The minimum atomic E-state index is 0.0941. The fourth-order valence-electron chi connectivity index (χ4n) is 3.73. The Morgan fingerprint density at radius 3 is 2.84 bits per heavy atom. The zero-order valence-corrected chi connectivity index (χ0v) is 14.5. The summed E-state index contributed by atoms with van der Waals surface area (Å²) in [4.78, 5) is 14.7. The molecule has 0 fully saturated rings. The molecule has 4 heteroatoms. The molecule has 0 spiro atoms. The molecule has 2 aliphatic carbocycles. The van der Waals surface area contributed by atoms with Crippen molar-refractivity contribution in [1.82, 2.24) is 15.1 Å². The Morgan fingerprint density at radius 1 is 1.24 bits per heavy atom. The Balaban J connectivity index is 1.47. The molecule has 1 amide bonds. The number of carbonyl (C=O) groups is 1. The summed E-state index contributed by atoms with van der Waals surface area (Å²) in [6.07, 6.45) is 13.5. The molecule has 1 heterocycles. The first-order valence-corrected chi connectivity index (χ1v) is 8.98. The highest BCUT2D eigenvalue weighted by atomic mass is 16.2. The summed E-state index contributed by atoms with van der Waals surface area (Å²) in [7, 11) is 1.92. The van der Waals surface area contributed by atoms with Crippen LogP contribution in [0.1, 0.15) is 46.4 Å². The van der Waals surface area contributed by atoms with Gasteiger partial charge in [0.1, 0.15) is 0 Å². The van der Waals surface area contributed by atoms with Crippen molar-refractivity contribution in [3.8, 4) is 0 Å². The van der Waals surface area contributed by atoms with Crippen LogP contribution in [0.15, 0.2) is 48.7 Å². The summed E-state index contributed by atoms with van der Waals surface area (Å²) in [6, 6.07) is 8.24. The van der Waals surface area contributed by atoms with E-state index in [1.54, 1.807) is 0 Å². The monoisotopic (exact) mass is 333 g/mol. The molecule has 2 aliphatic rings. The molecule has 0 aliphatic heterocycles. The van der Waals surface area contributed by atoms with Crippen LogP contribution in [0.25, 0.3) is 5.57 Å². The van der Waals surface area contributed by atoms with Crippen LogP contribution in [0.2, 0.25) is 0 Å². The maximum atomic E-state index is 12.9. The van der Waals surface area contributed by atoms with Gasteiger partial charge in [0.25, 0.3) is 5.91 Å². The standard InChI is InChI=1S/C21H23N3O/c1-24(19-11-12-20-18(13-19)14-22-23-20)21(25)17-9-7-16(8-10-17)15-5-3-2-4-6-15/h3,5-10,14,19H,2,4,11-13H2,1H3,(H,22,23). The van der Waals surface area contributed by atoms with Gasteiger partial charge in [0.15, 0.2) is 0 Å². The molecule has 0 bridgehead atoms. The van der Waals surface area contributed by atoms with Gasteiger partial charge in [0, 0.05) is 24.3 Å². The molecule has 1 unspecified atom stereocenters. The van der Waals surface area contributed by atoms with Crippen molar-refractivity contribution in [2.24, 2.45) is 0 Å². The Bertz CT molecular complexity index is 829. The zero-order chi connectivity index (χ0) is 17.2. The molecule has 1 atom stereocenters. The fourth-order valence-corrected chi connectivity index (χ4v) is 3.73. The van der Waals surface area contributed by atoms with Gasteiger partial charge in [-0.15, -0.1) is 0 Å². The van der Waals surface area contributed by atoms with Crippen LogP contribution in [-0.2, 0) is 12.8 Å². The lowest BCUT2D eigenvalue weighted by Crippen LogP contribution is -2.40. The van der Waals surface area contributed by atoms with Crippen molar-refractivity contribution in [1.29, 1.82) is 0 Å². The summed E-state index contributed by atoms with van der Waals surface area (Å²) < 4.78 is 0. The molecule has 128 valence electrons. The number of aromatic nitrogens is 2. The van der Waals surface area contributed by atoms with Gasteiger partial charge >= 0.3 is 0 Å². The number of carbonyl (C=O) groups excluding carboxylic acids is 1. The van der Waals surface area contributed by atoms with Crippen molar-refractivity contribution in [2.45, 2.75) is 38.1 Å². The van der Waals surface area contributed by atoms with E-state index in [9.17, 15) is 4.79 Å². The number of nitrogens with one attached hydrogen (secondary N) is 1. The van der Waals surface area contributed by atoms with Crippen LogP contribution in [0.3, 0.4) is 0 Å². The molecule has 0 radical (unpaired) electrons. The molecule has 0 saturated heterocycles. The maximum absolute atomic E-state index is 12.9. The Labute approximate surface area is 148 Å². The summed E-state index contributed by atoms with van der Waals surface area (Å²) in [6.45, 7) is 0. The topological polar surface area (TPSA) is 49.0 Å². The number of likely N-dealkylation sites (N-methyl/N-ethyl adjacent to an activating group) is 1. The lowest BCUT2D eigenvalue weighted by Gasteiger charge is -2.31. The summed E-state index contributed by atoms with van der Waals surface area (Å²) in [5.74, 6) is 0.0941. The minimum Gasteiger partial charge on any atom is -0.338 e. The van der Waals surface area contributed by atoms with Crippen molar-refractivity contribution in [3.63, 3.8) is 0 Å². The molecule has 4 nitrogen and oxygen atoms in total. The largest absolute Gasteiger partial charge is 0.338 e. The highest BCUT2D eigenvalue weighted by molar-refractivity contribution is 5.94. The predicted octanol–water partition coefficient (Wildman–Crippen LogP) is 3.77. The van der Waals surface area contributed by atoms with Crippen LogP contribution in [0.5, 0.6) is 0 Å². The minimum absolute atomic E-state index is 0.0941. The van der Waals surface area contributed by atoms with Gasteiger partial charge in [-0.25, -0.2) is 0 Å². The van der Waals surface area contributed by atoms with E-state index >= 15 is 0 Å². The fraction of sp³-hybridized carbons (Fsp3) is 0.333. The number of benzene rings is 1. The van der Waals surface area contributed by atoms with Gasteiger partial charge in [-0.1, -0.05) is 30.4 Å². The molecule has 1 aromatic carbocycles. The second-order valence-electron chi connectivity index (χ2n) is 6.90. The molecular weight excluding hydrogens is 310 g/mol. The number of hydrogen-bond donors (Lipinski definition) is 1. The molecular formula is C21H23N3O. The smallest absolute Gasteiger partial charge is 0.253 e. The molecule has 2 aromatic rings. The van der Waals surface area contributed by atoms with E-state index in [1.165, 1.54) is 22.4 Å². The lowest BCUT2D eigenvalue weighted by atomic mass is 9.92. The second-order valence-corrected chi connectivity index (χ2v) is 6.90. The van der Waals surface area contributed by atoms with E-state index in [1.807, 2.05) is 30.3 Å². The van der Waals surface area contributed by atoms with E-state index in [-0.39, 0.29) is 11.9 Å². The normalized spacial score (nSPS) is 19.2. The van der Waals surface area contributed by atoms with E-state index in [2.05, 4.69) is 40.6 Å². The molecule has 25 heavy (non-hydrogen) atoms. The molecule has 0 saturated carbocycles. The van der Waals surface area contributed by atoms with Gasteiger partial charge in [-0.2, -0.15) is 5.10 Å². The highest BCUT2D eigenvalue weighted by Gasteiger charge is 2.26. The maximum Gasteiger partial charge on any atom is 0.253 e. The van der Waals surface area contributed by atoms with E-state index in [0.29, 0.717) is 0 Å². The number of fused-ring (bicyclic) bond motifs is 1.